The summed E-state index contributed by atoms with van der Waals surface area (Å²) >= 11 is 0. The van der Waals surface area contributed by atoms with Crippen LogP contribution in [0.3, 0.4) is 0 Å². The molecule has 0 N–H and O–H groups in total. The number of esters is 1. The first-order chi connectivity index (χ1) is 11.6. The fraction of sp³-hybridized carbons (Fsp3) is 0.632. The van der Waals surface area contributed by atoms with Crippen LogP contribution in [0.15, 0.2) is 24.3 Å². The number of benzene rings is 1. The minimum atomic E-state index is -0.486. The highest BCUT2D eigenvalue weighted by molar-refractivity contribution is 6.48. The summed E-state index contributed by atoms with van der Waals surface area (Å²) in [5.74, 6) is -0.449. The molecule has 1 fully saturated rings. The van der Waals surface area contributed by atoms with Crippen molar-refractivity contribution in [2.24, 2.45) is 0 Å². The normalized spacial score (nSPS) is 19.6. The third kappa shape index (κ3) is 4.36. The van der Waals surface area contributed by atoms with Crippen molar-refractivity contribution in [2.75, 3.05) is 25.6 Å². The van der Waals surface area contributed by atoms with Gasteiger partial charge in [0, 0.05) is 25.6 Å². The molecule has 1 unspecified atom stereocenters. The molecule has 2 rings (SSSR count). The first kappa shape index (κ1) is 19.8. The zero-order valence-electron chi connectivity index (χ0n) is 16.5. The Balaban J connectivity index is 2.29. The van der Waals surface area contributed by atoms with E-state index in [4.69, 9.17) is 14.0 Å². The van der Waals surface area contributed by atoms with Gasteiger partial charge in [-0.1, -0.05) is 12.1 Å². The number of nitrogens with zero attached hydrogens (tertiary/aromatic N) is 1. The molecule has 1 aromatic rings. The summed E-state index contributed by atoms with van der Waals surface area (Å²) in [6, 6.07) is 8.14. The van der Waals surface area contributed by atoms with E-state index in [1.807, 2.05) is 77.9 Å². The number of anilines is 1. The molecule has 25 heavy (non-hydrogen) atoms. The monoisotopic (exact) mass is 347 g/mol. The topological polar surface area (TPSA) is 48.0 Å². The molecule has 138 valence electrons. The Morgan fingerprint density at radius 1 is 1.12 bits per heavy atom. The van der Waals surface area contributed by atoms with Gasteiger partial charge < -0.3 is 18.9 Å². The quantitative estimate of drug-likeness (QED) is 0.583. The largest absolute Gasteiger partial charge is 0.466 e. The Morgan fingerprint density at radius 2 is 1.64 bits per heavy atom. The van der Waals surface area contributed by atoms with Gasteiger partial charge in [-0.05, 0) is 52.3 Å². The molecular formula is C19H30BNO4. The molecule has 5 nitrogen and oxygen atoms in total. The van der Waals surface area contributed by atoms with Crippen LogP contribution in [0.1, 0.15) is 52.4 Å². The molecule has 1 aliphatic heterocycles. The zero-order chi connectivity index (χ0) is 18.8. The Hall–Kier alpha value is -1.53. The van der Waals surface area contributed by atoms with Gasteiger partial charge >= 0.3 is 13.1 Å². The van der Waals surface area contributed by atoms with Gasteiger partial charge in [0.05, 0.1) is 24.2 Å². The summed E-state index contributed by atoms with van der Waals surface area (Å²) in [4.78, 5) is 14.2. The van der Waals surface area contributed by atoms with Crippen molar-refractivity contribution >= 4 is 18.8 Å². The van der Waals surface area contributed by atoms with Gasteiger partial charge in [-0.2, -0.15) is 0 Å². The molecule has 0 bridgehead atoms. The summed E-state index contributed by atoms with van der Waals surface area (Å²) < 4.78 is 17.6. The highest BCUT2D eigenvalue weighted by Gasteiger charge is 2.54. The van der Waals surface area contributed by atoms with Crippen molar-refractivity contribution in [3.05, 3.63) is 29.8 Å². The SMILES string of the molecule is CCOC(=O)CC(B1OC(C)(C)C(C)(C)O1)c1ccc(N(C)C)cc1. The standard InChI is InChI=1S/C19H30BNO4/c1-8-23-17(22)13-16(14-9-11-15(12-10-14)21(6)7)20-24-18(2,3)19(4,5)25-20/h9-12,16H,8,13H2,1-7H3. The summed E-state index contributed by atoms with van der Waals surface area (Å²) in [5.41, 5.74) is 1.24. The summed E-state index contributed by atoms with van der Waals surface area (Å²) in [5, 5.41) is 0. The number of carbonyl (C=O) groups excluding carboxylic acids is 1. The molecule has 0 spiro atoms. The molecule has 0 amide bonds. The van der Waals surface area contributed by atoms with E-state index in [2.05, 4.69) is 0 Å². The minimum Gasteiger partial charge on any atom is -0.466 e. The predicted octanol–water partition coefficient (Wildman–Crippen LogP) is 3.42. The fourth-order valence-electron chi connectivity index (χ4n) is 2.84. The van der Waals surface area contributed by atoms with Crippen molar-refractivity contribution in [2.45, 2.75) is 58.1 Å². The first-order valence-electron chi connectivity index (χ1n) is 8.86. The van der Waals surface area contributed by atoms with Crippen LogP contribution < -0.4 is 4.90 Å². The molecular weight excluding hydrogens is 317 g/mol. The number of rotatable bonds is 6. The molecule has 0 aliphatic carbocycles. The van der Waals surface area contributed by atoms with Crippen LogP contribution in [0.4, 0.5) is 5.69 Å². The van der Waals surface area contributed by atoms with E-state index in [1.54, 1.807) is 0 Å². The van der Waals surface area contributed by atoms with Gasteiger partial charge in [0.2, 0.25) is 0 Å². The van der Waals surface area contributed by atoms with Gasteiger partial charge in [-0.25, -0.2) is 0 Å². The van der Waals surface area contributed by atoms with E-state index in [0.717, 1.165) is 11.3 Å². The minimum absolute atomic E-state index is 0.212. The zero-order valence-corrected chi connectivity index (χ0v) is 16.5. The third-order valence-electron chi connectivity index (χ3n) is 5.13. The molecule has 0 saturated carbocycles. The van der Waals surface area contributed by atoms with Crippen molar-refractivity contribution in [3.8, 4) is 0 Å². The first-order valence-corrected chi connectivity index (χ1v) is 8.86. The van der Waals surface area contributed by atoms with Crippen molar-refractivity contribution in [1.82, 2.24) is 0 Å². The van der Waals surface area contributed by atoms with Crippen molar-refractivity contribution in [3.63, 3.8) is 0 Å². The average Bonchev–Trinajstić information content (AvgIpc) is 2.73. The average molecular weight is 347 g/mol. The second-order valence-electron chi connectivity index (χ2n) is 7.73. The molecule has 6 heteroatoms. The second kappa shape index (κ2) is 7.38. The molecule has 1 heterocycles. The maximum Gasteiger partial charge on any atom is 0.466 e. The number of hydrogen-bond acceptors (Lipinski definition) is 5. The van der Waals surface area contributed by atoms with E-state index in [-0.39, 0.29) is 18.2 Å². The van der Waals surface area contributed by atoms with Crippen LogP contribution in [0.2, 0.25) is 0 Å². The Labute approximate surface area is 151 Å². The van der Waals surface area contributed by atoms with E-state index < -0.39 is 18.3 Å². The highest BCUT2D eigenvalue weighted by atomic mass is 16.7. The molecule has 1 aromatic carbocycles. The van der Waals surface area contributed by atoms with Crippen LogP contribution >= 0.6 is 0 Å². The van der Waals surface area contributed by atoms with Crippen LogP contribution in [0.5, 0.6) is 0 Å². The van der Waals surface area contributed by atoms with Crippen LogP contribution in [-0.4, -0.2) is 45.0 Å². The van der Waals surface area contributed by atoms with Crippen molar-refractivity contribution < 1.29 is 18.8 Å². The Morgan fingerprint density at radius 3 is 2.08 bits per heavy atom. The maximum absolute atomic E-state index is 12.1. The summed E-state index contributed by atoms with van der Waals surface area (Å²) in [6.45, 7) is 10.3. The van der Waals surface area contributed by atoms with Gasteiger partial charge in [-0.3, -0.25) is 4.79 Å². The van der Waals surface area contributed by atoms with Gasteiger partial charge in [0.1, 0.15) is 0 Å². The smallest absolute Gasteiger partial charge is 0.466 e. The van der Waals surface area contributed by atoms with Gasteiger partial charge in [0.15, 0.2) is 0 Å². The molecule has 0 radical (unpaired) electrons. The molecule has 1 atom stereocenters. The number of hydrogen-bond donors (Lipinski definition) is 0. The summed E-state index contributed by atoms with van der Waals surface area (Å²) in [7, 11) is 3.51. The lowest BCUT2D eigenvalue weighted by Crippen LogP contribution is -2.41. The van der Waals surface area contributed by atoms with E-state index >= 15 is 0 Å². The van der Waals surface area contributed by atoms with E-state index in [9.17, 15) is 4.79 Å². The Kier molecular flexibility index (Phi) is 5.84. The van der Waals surface area contributed by atoms with E-state index in [1.165, 1.54) is 0 Å². The van der Waals surface area contributed by atoms with Crippen LogP contribution in [-0.2, 0) is 18.8 Å². The lowest BCUT2D eigenvalue weighted by Gasteiger charge is -2.32. The maximum atomic E-state index is 12.1. The third-order valence-corrected chi connectivity index (χ3v) is 5.13. The van der Waals surface area contributed by atoms with Gasteiger partial charge in [0.25, 0.3) is 0 Å². The lowest BCUT2D eigenvalue weighted by atomic mass is 9.66. The molecule has 1 saturated heterocycles. The number of ether oxygens (including phenoxy) is 1. The lowest BCUT2D eigenvalue weighted by molar-refractivity contribution is -0.143. The molecule has 1 aliphatic rings. The highest BCUT2D eigenvalue weighted by Crippen LogP contribution is 2.42. The predicted molar refractivity (Wildman–Crippen MR) is 101 cm³/mol. The second-order valence-corrected chi connectivity index (χ2v) is 7.73. The Bertz CT molecular complexity index is 582. The van der Waals surface area contributed by atoms with Crippen molar-refractivity contribution in [1.29, 1.82) is 0 Å². The van der Waals surface area contributed by atoms with Crippen LogP contribution in [0, 0.1) is 0 Å². The van der Waals surface area contributed by atoms with Gasteiger partial charge in [-0.15, -0.1) is 0 Å². The van der Waals surface area contributed by atoms with Crippen LogP contribution in [0.25, 0.3) is 0 Å². The molecule has 0 aromatic heterocycles. The van der Waals surface area contributed by atoms with E-state index in [0.29, 0.717) is 6.61 Å². The number of carbonyl (C=O) groups is 1. The fourth-order valence-corrected chi connectivity index (χ4v) is 2.84. The summed E-state index contributed by atoms with van der Waals surface area (Å²) in [6.07, 6.45) is 0.228.